The maximum absolute atomic E-state index is 12.6. The van der Waals surface area contributed by atoms with Crippen LogP contribution >= 0.6 is 27.3 Å². The van der Waals surface area contributed by atoms with Crippen LogP contribution in [-0.4, -0.2) is 23.6 Å². The van der Waals surface area contributed by atoms with Crippen LogP contribution in [0.3, 0.4) is 0 Å². The van der Waals surface area contributed by atoms with Crippen LogP contribution in [0, 0.1) is 0 Å². The molecule has 2 aromatic heterocycles. The average molecular weight is 496 g/mol. The number of ether oxygens (including phenoxy) is 1. The van der Waals surface area contributed by atoms with Gasteiger partial charge >= 0.3 is 5.63 Å². The Morgan fingerprint density at radius 1 is 1.16 bits per heavy atom. The fourth-order valence-corrected chi connectivity index (χ4v) is 4.59. The summed E-state index contributed by atoms with van der Waals surface area (Å²) >= 11 is 4.74. The van der Waals surface area contributed by atoms with Crippen molar-refractivity contribution >= 4 is 54.9 Å². The van der Waals surface area contributed by atoms with E-state index in [1.165, 1.54) is 18.4 Å². The van der Waals surface area contributed by atoms with E-state index in [1.807, 2.05) is 24.3 Å². The Hall–Kier alpha value is -3.30. The molecule has 0 spiro atoms. The summed E-state index contributed by atoms with van der Waals surface area (Å²) in [7, 11) is 1.52. The zero-order valence-electron chi connectivity index (χ0n) is 16.1. The van der Waals surface area contributed by atoms with Crippen molar-refractivity contribution in [3.05, 3.63) is 73.9 Å². The third-order valence-corrected chi connectivity index (χ3v) is 6.12. The highest BCUT2D eigenvalue weighted by molar-refractivity contribution is 9.10. The summed E-state index contributed by atoms with van der Waals surface area (Å²) in [5.41, 5.74) is 5.76. The number of halogens is 1. The highest BCUT2D eigenvalue weighted by Crippen LogP contribution is 2.32. The van der Waals surface area contributed by atoms with E-state index < -0.39 is 5.63 Å². The van der Waals surface area contributed by atoms with Gasteiger partial charge in [-0.1, -0.05) is 40.2 Å². The smallest absolute Gasteiger partial charge is 0.345 e. The molecule has 0 atom stereocenters. The number of hydrogen-bond donors (Lipinski definition) is 1. The van der Waals surface area contributed by atoms with E-state index in [0.29, 0.717) is 44.4 Å². The summed E-state index contributed by atoms with van der Waals surface area (Å²) in [6.07, 6.45) is 0.246. The topological polar surface area (TPSA) is 93.8 Å². The first-order chi connectivity index (χ1) is 15.0. The Kier molecular flexibility index (Phi) is 4.91. The molecule has 9 heteroatoms. The van der Waals surface area contributed by atoms with Gasteiger partial charge in [-0.2, -0.15) is 5.10 Å². The van der Waals surface area contributed by atoms with Crippen molar-refractivity contribution in [2.75, 3.05) is 12.5 Å². The van der Waals surface area contributed by atoms with Crippen molar-refractivity contribution in [2.45, 2.75) is 6.42 Å². The number of thiazole rings is 1. The Balaban J connectivity index is 1.46. The van der Waals surface area contributed by atoms with E-state index in [0.717, 1.165) is 10.0 Å². The minimum atomic E-state index is -0.508. The molecule has 0 saturated heterocycles. The van der Waals surface area contributed by atoms with Crippen LogP contribution in [-0.2, 0) is 0 Å². The van der Waals surface area contributed by atoms with E-state index in [4.69, 9.17) is 9.15 Å². The average Bonchev–Trinajstić information content (AvgIpc) is 3.36. The quantitative estimate of drug-likeness (QED) is 0.313. The molecule has 0 bridgehead atoms. The van der Waals surface area contributed by atoms with Crippen molar-refractivity contribution < 1.29 is 13.9 Å². The first-order valence-electron chi connectivity index (χ1n) is 9.26. The number of ketones is 1. The lowest BCUT2D eigenvalue weighted by Gasteiger charge is -2.06. The molecular weight excluding hydrogens is 482 g/mol. The van der Waals surface area contributed by atoms with Crippen molar-refractivity contribution in [3.63, 3.8) is 0 Å². The molecule has 1 N–H and O–H groups in total. The van der Waals surface area contributed by atoms with E-state index in [1.54, 1.807) is 23.6 Å². The predicted molar refractivity (Wildman–Crippen MR) is 123 cm³/mol. The highest BCUT2D eigenvalue weighted by atomic mass is 79.9. The molecule has 0 unspecified atom stereocenters. The van der Waals surface area contributed by atoms with Gasteiger partial charge < -0.3 is 9.15 Å². The lowest BCUT2D eigenvalue weighted by molar-refractivity contribution is 0.101. The molecule has 0 saturated carbocycles. The van der Waals surface area contributed by atoms with Gasteiger partial charge in [0.1, 0.15) is 0 Å². The number of benzene rings is 2. The molecule has 1 aliphatic rings. The number of carbonyl (C=O) groups excluding carboxylic acids is 1. The monoisotopic (exact) mass is 495 g/mol. The van der Waals surface area contributed by atoms with Gasteiger partial charge in [-0.25, -0.2) is 9.78 Å². The fourth-order valence-electron chi connectivity index (χ4n) is 3.48. The number of rotatable bonds is 4. The molecule has 0 radical (unpaired) electrons. The number of aromatic nitrogens is 1. The number of hydrazone groups is 1. The molecule has 7 nitrogen and oxygen atoms in total. The SMILES string of the molecule is COc1cc(Br)cc2cc(-c3csc(NN=C4CC(=O)c5ccccc54)n3)c(=O)oc12. The van der Waals surface area contributed by atoms with E-state index >= 15 is 0 Å². The number of carbonyl (C=O) groups is 1. The first kappa shape index (κ1) is 19.7. The maximum atomic E-state index is 12.6. The second-order valence-corrected chi connectivity index (χ2v) is 8.60. The van der Waals surface area contributed by atoms with Gasteiger partial charge in [0.15, 0.2) is 17.1 Å². The molecule has 4 aromatic rings. The van der Waals surface area contributed by atoms with Gasteiger partial charge in [0.2, 0.25) is 5.13 Å². The summed E-state index contributed by atoms with van der Waals surface area (Å²) in [5.74, 6) is 0.516. The van der Waals surface area contributed by atoms with Crippen molar-refractivity contribution in [2.24, 2.45) is 5.10 Å². The van der Waals surface area contributed by atoms with Crippen LogP contribution in [0.25, 0.3) is 22.2 Å². The maximum Gasteiger partial charge on any atom is 0.345 e. The van der Waals surface area contributed by atoms with Gasteiger partial charge in [0.25, 0.3) is 0 Å². The third-order valence-electron chi connectivity index (χ3n) is 4.92. The number of Topliss-reactive ketones (excluding diaryl/α,β-unsaturated/α-hetero) is 1. The van der Waals surface area contributed by atoms with Crippen LogP contribution in [0.4, 0.5) is 5.13 Å². The second-order valence-electron chi connectivity index (χ2n) is 6.83. The largest absolute Gasteiger partial charge is 0.493 e. The van der Waals surface area contributed by atoms with E-state index in [9.17, 15) is 9.59 Å². The van der Waals surface area contributed by atoms with Gasteiger partial charge in [-0.05, 0) is 18.2 Å². The minimum absolute atomic E-state index is 0.0475. The Morgan fingerprint density at radius 2 is 1.97 bits per heavy atom. The van der Waals surface area contributed by atoms with Gasteiger partial charge in [-0.15, -0.1) is 11.3 Å². The van der Waals surface area contributed by atoms with E-state index in [2.05, 4.69) is 31.4 Å². The van der Waals surface area contributed by atoms with Gasteiger partial charge in [-0.3, -0.25) is 10.2 Å². The van der Waals surface area contributed by atoms with Crippen molar-refractivity contribution in [3.8, 4) is 17.0 Å². The molecular formula is C22H14BrN3O4S. The van der Waals surface area contributed by atoms with E-state index in [-0.39, 0.29) is 12.2 Å². The number of nitrogens with zero attached hydrogens (tertiary/aromatic N) is 2. The highest BCUT2D eigenvalue weighted by Gasteiger charge is 2.25. The second kappa shape index (κ2) is 7.75. The molecule has 0 fully saturated rings. The van der Waals surface area contributed by atoms with Crippen LogP contribution < -0.4 is 15.8 Å². The standard InChI is InChI=1S/C22H14BrN3O4S/c1-29-19-8-12(23)6-11-7-15(21(28)30-20(11)19)17-10-31-22(24-17)26-25-16-9-18(27)14-5-3-2-4-13(14)16/h2-8,10H,9H2,1H3,(H,24,26). The van der Waals surface area contributed by atoms with Crippen LogP contribution in [0.2, 0.25) is 0 Å². The number of nitrogens with one attached hydrogen (secondary N) is 1. The molecule has 0 aliphatic heterocycles. The lowest BCUT2D eigenvalue weighted by Crippen LogP contribution is -2.04. The van der Waals surface area contributed by atoms with Crippen molar-refractivity contribution in [1.82, 2.24) is 4.98 Å². The normalized spacial score (nSPS) is 14.3. The third kappa shape index (κ3) is 3.55. The Morgan fingerprint density at radius 3 is 2.77 bits per heavy atom. The molecule has 31 heavy (non-hydrogen) atoms. The molecule has 0 amide bonds. The Labute approximate surface area is 188 Å². The van der Waals surface area contributed by atoms with Gasteiger partial charge in [0.05, 0.1) is 30.5 Å². The summed E-state index contributed by atoms with van der Waals surface area (Å²) in [5, 5.41) is 7.34. The first-order valence-corrected chi connectivity index (χ1v) is 10.9. The Bertz CT molecular complexity index is 1440. The van der Waals surface area contributed by atoms with Crippen LogP contribution in [0.5, 0.6) is 5.75 Å². The number of anilines is 1. The molecule has 1 aliphatic carbocycles. The molecule has 2 aromatic carbocycles. The summed E-state index contributed by atoms with van der Waals surface area (Å²) in [6.45, 7) is 0. The van der Waals surface area contributed by atoms with Gasteiger partial charge in [0, 0.05) is 26.4 Å². The fraction of sp³-hybridized carbons (Fsp3) is 0.0909. The summed E-state index contributed by atoms with van der Waals surface area (Å²) in [4.78, 5) is 29.2. The number of methoxy groups -OCH3 is 1. The minimum Gasteiger partial charge on any atom is -0.493 e. The lowest BCUT2D eigenvalue weighted by atomic mass is 10.1. The summed E-state index contributed by atoms with van der Waals surface area (Å²) in [6, 6.07) is 12.7. The molecule has 154 valence electrons. The molecule has 2 heterocycles. The zero-order valence-corrected chi connectivity index (χ0v) is 18.5. The molecule has 5 rings (SSSR count). The van der Waals surface area contributed by atoms with Crippen LogP contribution in [0.1, 0.15) is 22.3 Å². The summed E-state index contributed by atoms with van der Waals surface area (Å²) < 4.78 is 11.6. The number of fused-ring (bicyclic) bond motifs is 2. The predicted octanol–water partition coefficient (Wildman–Crippen LogP) is 5.09. The van der Waals surface area contributed by atoms with Crippen LogP contribution in [0.15, 0.2) is 66.6 Å². The zero-order chi connectivity index (χ0) is 21.5. The van der Waals surface area contributed by atoms with Crippen molar-refractivity contribution in [1.29, 1.82) is 0 Å². The number of hydrogen-bond acceptors (Lipinski definition) is 8.